The van der Waals surface area contributed by atoms with Gasteiger partial charge in [0.25, 0.3) is 5.91 Å². The van der Waals surface area contributed by atoms with E-state index in [9.17, 15) is 13.6 Å². The molecular weight excluding hydrogens is 278 g/mol. The first kappa shape index (κ1) is 15.7. The van der Waals surface area contributed by atoms with Gasteiger partial charge in [-0.1, -0.05) is 6.07 Å². The van der Waals surface area contributed by atoms with Crippen LogP contribution < -0.4 is 15.4 Å². The highest BCUT2D eigenvalue weighted by atomic mass is 19.3. The summed E-state index contributed by atoms with van der Waals surface area (Å²) in [5.74, 6) is 0.129. The third kappa shape index (κ3) is 4.97. The van der Waals surface area contributed by atoms with Crippen molar-refractivity contribution in [3.63, 3.8) is 0 Å². The molecule has 0 radical (unpaired) electrons. The zero-order chi connectivity index (χ0) is 15.2. The van der Waals surface area contributed by atoms with Gasteiger partial charge >= 0.3 is 6.61 Å². The predicted octanol–water partition coefficient (Wildman–Crippen LogP) is 2.41. The van der Waals surface area contributed by atoms with E-state index >= 15 is 0 Å². The fraction of sp³-hybridized carbons (Fsp3) is 0.533. The van der Waals surface area contributed by atoms with Crippen molar-refractivity contribution in [3.05, 3.63) is 29.8 Å². The second-order valence-corrected chi connectivity index (χ2v) is 5.37. The van der Waals surface area contributed by atoms with E-state index in [1.807, 2.05) is 0 Å². The molecule has 1 heterocycles. The summed E-state index contributed by atoms with van der Waals surface area (Å²) in [7, 11) is 0. The quantitative estimate of drug-likeness (QED) is 0.877. The van der Waals surface area contributed by atoms with E-state index in [1.54, 1.807) is 6.07 Å². The highest BCUT2D eigenvalue weighted by Gasteiger charge is 2.18. The zero-order valence-electron chi connectivity index (χ0n) is 11.9. The monoisotopic (exact) mass is 298 g/mol. The molecule has 1 saturated heterocycles. The normalized spacial score (nSPS) is 22.1. The number of ether oxygens (including phenoxy) is 1. The number of rotatable bonds is 5. The van der Waals surface area contributed by atoms with Crippen molar-refractivity contribution < 1.29 is 18.3 Å². The zero-order valence-corrected chi connectivity index (χ0v) is 11.9. The van der Waals surface area contributed by atoms with Gasteiger partial charge in [0.1, 0.15) is 5.75 Å². The van der Waals surface area contributed by atoms with E-state index in [0.717, 1.165) is 19.4 Å². The van der Waals surface area contributed by atoms with Crippen LogP contribution in [0.1, 0.15) is 30.1 Å². The molecule has 1 aromatic rings. The van der Waals surface area contributed by atoms with Crippen molar-refractivity contribution in [2.24, 2.45) is 5.92 Å². The van der Waals surface area contributed by atoms with Crippen molar-refractivity contribution >= 4 is 5.91 Å². The summed E-state index contributed by atoms with van der Waals surface area (Å²) >= 11 is 0. The van der Waals surface area contributed by atoms with Gasteiger partial charge in [-0.2, -0.15) is 8.78 Å². The first-order valence-electron chi connectivity index (χ1n) is 7.11. The first-order valence-corrected chi connectivity index (χ1v) is 7.11. The van der Waals surface area contributed by atoms with Crippen LogP contribution in [0, 0.1) is 5.92 Å². The molecule has 0 saturated carbocycles. The second-order valence-electron chi connectivity index (χ2n) is 5.37. The molecule has 1 aromatic carbocycles. The maximum atomic E-state index is 12.1. The lowest BCUT2D eigenvalue weighted by Gasteiger charge is -2.27. The second kappa shape index (κ2) is 7.36. The molecule has 0 aromatic heterocycles. The van der Waals surface area contributed by atoms with Gasteiger partial charge in [0.2, 0.25) is 0 Å². The Morgan fingerprint density at radius 3 is 2.95 bits per heavy atom. The maximum absolute atomic E-state index is 12.1. The Morgan fingerprint density at radius 2 is 2.29 bits per heavy atom. The number of alkyl halides is 2. The molecule has 116 valence electrons. The molecule has 1 fully saturated rings. The van der Waals surface area contributed by atoms with Crippen LogP contribution in [-0.4, -0.2) is 31.7 Å². The number of piperidine rings is 1. The molecule has 1 aliphatic rings. The molecule has 6 heteroatoms. The molecule has 4 nitrogen and oxygen atoms in total. The Morgan fingerprint density at radius 1 is 1.48 bits per heavy atom. The molecule has 2 rings (SSSR count). The molecule has 1 aliphatic heterocycles. The number of hydrogen-bond donors (Lipinski definition) is 2. The highest BCUT2D eigenvalue weighted by Crippen LogP contribution is 2.16. The van der Waals surface area contributed by atoms with Crippen LogP contribution in [0.25, 0.3) is 0 Å². The molecule has 2 unspecified atom stereocenters. The van der Waals surface area contributed by atoms with Crippen molar-refractivity contribution in [2.75, 3.05) is 13.1 Å². The smallest absolute Gasteiger partial charge is 0.387 e. The average molecular weight is 298 g/mol. The van der Waals surface area contributed by atoms with Gasteiger partial charge in [0.15, 0.2) is 0 Å². The van der Waals surface area contributed by atoms with Gasteiger partial charge in [0.05, 0.1) is 0 Å². The van der Waals surface area contributed by atoms with Crippen molar-refractivity contribution in [3.8, 4) is 5.75 Å². The van der Waals surface area contributed by atoms with Gasteiger partial charge < -0.3 is 15.4 Å². The summed E-state index contributed by atoms with van der Waals surface area (Å²) in [6, 6.07) is 6.35. The lowest BCUT2D eigenvalue weighted by molar-refractivity contribution is -0.0498. The van der Waals surface area contributed by atoms with Crippen molar-refractivity contribution in [1.82, 2.24) is 10.6 Å². The van der Waals surface area contributed by atoms with Gasteiger partial charge in [-0.3, -0.25) is 4.79 Å². The van der Waals surface area contributed by atoms with E-state index in [-0.39, 0.29) is 11.7 Å². The molecule has 2 N–H and O–H groups in total. The summed E-state index contributed by atoms with van der Waals surface area (Å²) in [5.41, 5.74) is 0.324. The lowest BCUT2D eigenvalue weighted by atomic mass is 9.95. The van der Waals surface area contributed by atoms with Crippen molar-refractivity contribution in [1.29, 1.82) is 0 Å². The molecule has 1 amide bonds. The molecule has 21 heavy (non-hydrogen) atoms. The van der Waals surface area contributed by atoms with Crippen LogP contribution >= 0.6 is 0 Å². The Kier molecular flexibility index (Phi) is 5.50. The molecule has 0 aliphatic carbocycles. The maximum Gasteiger partial charge on any atom is 0.387 e. The minimum Gasteiger partial charge on any atom is -0.435 e. The van der Waals surface area contributed by atoms with Crippen LogP contribution in [-0.2, 0) is 0 Å². The van der Waals surface area contributed by atoms with Crippen LogP contribution in [0.2, 0.25) is 0 Å². The third-order valence-electron chi connectivity index (χ3n) is 3.64. The number of nitrogens with one attached hydrogen (secondary N) is 2. The van der Waals surface area contributed by atoms with Crippen LogP contribution in [0.5, 0.6) is 5.75 Å². The number of hydrogen-bond acceptors (Lipinski definition) is 3. The van der Waals surface area contributed by atoms with Crippen molar-refractivity contribution in [2.45, 2.75) is 32.4 Å². The summed E-state index contributed by atoms with van der Waals surface area (Å²) in [5, 5.41) is 6.21. The third-order valence-corrected chi connectivity index (χ3v) is 3.64. The summed E-state index contributed by atoms with van der Waals surface area (Å²) in [4.78, 5) is 12.0. The lowest BCUT2D eigenvalue weighted by Crippen LogP contribution is -2.41. The minimum absolute atomic E-state index is 0.00851. The number of halogens is 2. The SMILES string of the molecule is CC1CCC(CNC(=O)c2cccc(OC(F)F)c2)CN1. The molecule has 2 atom stereocenters. The summed E-state index contributed by atoms with van der Waals surface area (Å²) < 4.78 is 28.6. The summed E-state index contributed by atoms with van der Waals surface area (Å²) in [6.07, 6.45) is 2.17. The fourth-order valence-corrected chi connectivity index (χ4v) is 2.38. The average Bonchev–Trinajstić information content (AvgIpc) is 2.46. The Labute approximate surface area is 122 Å². The molecular formula is C15H20F2N2O2. The van der Waals surface area contributed by atoms with Gasteiger partial charge in [0, 0.05) is 18.2 Å². The number of carbonyl (C=O) groups is 1. The topological polar surface area (TPSA) is 50.4 Å². The Balaban J connectivity index is 1.85. The van der Waals surface area contributed by atoms with Crippen LogP contribution in [0.15, 0.2) is 24.3 Å². The van der Waals surface area contributed by atoms with E-state index in [1.165, 1.54) is 18.2 Å². The van der Waals surface area contributed by atoms with E-state index < -0.39 is 6.61 Å². The molecule has 0 bridgehead atoms. The van der Waals surface area contributed by atoms with Crippen LogP contribution in [0.3, 0.4) is 0 Å². The van der Waals surface area contributed by atoms with Crippen LogP contribution in [0.4, 0.5) is 8.78 Å². The minimum atomic E-state index is -2.89. The first-order chi connectivity index (χ1) is 10.0. The highest BCUT2D eigenvalue weighted by molar-refractivity contribution is 5.94. The Bertz CT molecular complexity index is 474. The number of benzene rings is 1. The standard InChI is InChI=1S/C15H20F2N2O2/c1-10-5-6-11(8-18-10)9-19-14(20)12-3-2-4-13(7-12)21-15(16)17/h2-4,7,10-11,15,18H,5-6,8-9H2,1H3,(H,19,20). The van der Waals surface area contributed by atoms with Gasteiger partial charge in [-0.15, -0.1) is 0 Å². The van der Waals surface area contributed by atoms with Gasteiger partial charge in [-0.05, 0) is 50.4 Å². The molecule has 0 spiro atoms. The Hall–Kier alpha value is -1.69. The predicted molar refractivity (Wildman–Crippen MR) is 75.6 cm³/mol. The van der Waals surface area contributed by atoms with Gasteiger partial charge in [-0.25, -0.2) is 0 Å². The van der Waals surface area contributed by atoms with E-state index in [0.29, 0.717) is 24.1 Å². The summed E-state index contributed by atoms with van der Waals surface area (Å²) in [6.45, 7) is 0.719. The fourth-order valence-electron chi connectivity index (χ4n) is 2.38. The largest absolute Gasteiger partial charge is 0.435 e. The van der Waals surface area contributed by atoms with E-state index in [4.69, 9.17) is 0 Å². The number of amides is 1. The number of carbonyl (C=O) groups excluding carboxylic acids is 1. The van der Waals surface area contributed by atoms with E-state index in [2.05, 4.69) is 22.3 Å².